The van der Waals surface area contributed by atoms with Gasteiger partial charge in [-0.2, -0.15) is 0 Å². The van der Waals surface area contributed by atoms with E-state index in [-0.39, 0.29) is 24.9 Å². The summed E-state index contributed by atoms with van der Waals surface area (Å²) in [7, 11) is 0. The normalized spacial score (nSPS) is 17.4. The zero-order chi connectivity index (χ0) is 15.9. The molecule has 7 heteroatoms. The van der Waals surface area contributed by atoms with E-state index >= 15 is 0 Å². The van der Waals surface area contributed by atoms with Crippen molar-refractivity contribution < 1.29 is 14.4 Å². The van der Waals surface area contributed by atoms with Crippen LogP contribution in [-0.4, -0.2) is 41.9 Å². The van der Waals surface area contributed by atoms with Crippen molar-refractivity contribution in [2.45, 2.75) is 25.4 Å². The van der Waals surface area contributed by atoms with E-state index in [1.54, 1.807) is 0 Å². The highest BCUT2D eigenvalue weighted by atomic mass is 16.2. The summed E-state index contributed by atoms with van der Waals surface area (Å²) < 4.78 is 0. The number of imide groups is 1. The number of benzene rings is 1. The third-order valence-corrected chi connectivity index (χ3v) is 3.58. The van der Waals surface area contributed by atoms with Gasteiger partial charge in [-0.3, -0.25) is 19.8 Å². The molecule has 0 saturated carbocycles. The third-order valence-electron chi connectivity index (χ3n) is 3.58. The first-order chi connectivity index (χ1) is 10.6. The largest absolute Gasteiger partial charge is 0.354 e. The number of primary amides is 1. The van der Waals surface area contributed by atoms with Crippen molar-refractivity contribution in [2.75, 3.05) is 13.1 Å². The summed E-state index contributed by atoms with van der Waals surface area (Å²) >= 11 is 0. The Kier molecular flexibility index (Phi) is 5.48. The number of carbonyl (C=O) groups is 3. The molecule has 118 valence electrons. The Bertz CT molecular complexity index is 547. The van der Waals surface area contributed by atoms with Crippen LogP contribution >= 0.6 is 0 Å². The fraction of sp³-hybridized carbons (Fsp3) is 0.400. The lowest BCUT2D eigenvalue weighted by molar-refractivity contribution is -0.131. The minimum atomic E-state index is -0.885. The van der Waals surface area contributed by atoms with E-state index in [1.807, 2.05) is 35.6 Å². The predicted octanol–water partition coefficient (Wildman–Crippen LogP) is -0.0379. The van der Waals surface area contributed by atoms with Gasteiger partial charge in [-0.05, 0) is 12.0 Å². The highest BCUT2D eigenvalue weighted by molar-refractivity contribution is 5.93. The second kappa shape index (κ2) is 7.56. The molecule has 0 aromatic heterocycles. The summed E-state index contributed by atoms with van der Waals surface area (Å²) in [6, 6.07) is 8.93. The zero-order valence-corrected chi connectivity index (χ0v) is 12.2. The van der Waals surface area contributed by atoms with Crippen LogP contribution < -0.4 is 16.4 Å². The molecule has 1 aromatic carbocycles. The van der Waals surface area contributed by atoms with E-state index in [4.69, 9.17) is 5.73 Å². The molecule has 0 spiro atoms. The van der Waals surface area contributed by atoms with Gasteiger partial charge >= 0.3 is 6.03 Å². The average molecular weight is 304 g/mol. The average Bonchev–Trinajstić information content (AvgIpc) is 2.44. The Morgan fingerprint density at radius 2 is 1.95 bits per heavy atom. The summed E-state index contributed by atoms with van der Waals surface area (Å²) in [5.41, 5.74) is 6.00. The second-order valence-electron chi connectivity index (χ2n) is 5.21. The first-order valence-corrected chi connectivity index (χ1v) is 7.21. The van der Waals surface area contributed by atoms with Gasteiger partial charge < -0.3 is 11.1 Å². The summed E-state index contributed by atoms with van der Waals surface area (Å²) in [6.07, 6.45) is 0.840. The maximum Gasteiger partial charge on any atom is 0.318 e. The van der Waals surface area contributed by atoms with Crippen molar-refractivity contribution in [1.29, 1.82) is 0 Å². The van der Waals surface area contributed by atoms with Crippen LogP contribution in [0.2, 0.25) is 0 Å². The van der Waals surface area contributed by atoms with E-state index in [0.717, 1.165) is 19.5 Å². The minimum Gasteiger partial charge on any atom is -0.354 e. The van der Waals surface area contributed by atoms with E-state index in [9.17, 15) is 14.4 Å². The van der Waals surface area contributed by atoms with Crippen LogP contribution in [0, 0.1) is 0 Å². The number of nitrogens with one attached hydrogen (secondary N) is 2. The summed E-state index contributed by atoms with van der Waals surface area (Å²) in [4.78, 5) is 35.8. The molecule has 0 unspecified atom stereocenters. The quantitative estimate of drug-likeness (QED) is 0.686. The Balaban J connectivity index is 1.71. The summed E-state index contributed by atoms with van der Waals surface area (Å²) in [5, 5.41) is 4.66. The van der Waals surface area contributed by atoms with Crippen molar-refractivity contribution >= 4 is 17.8 Å². The van der Waals surface area contributed by atoms with E-state index in [1.165, 1.54) is 5.56 Å². The van der Waals surface area contributed by atoms with Gasteiger partial charge in [-0.25, -0.2) is 4.79 Å². The molecule has 7 nitrogen and oxygen atoms in total. The Labute approximate surface area is 128 Å². The van der Waals surface area contributed by atoms with Gasteiger partial charge in [-0.15, -0.1) is 0 Å². The molecule has 4 amide bonds. The fourth-order valence-corrected chi connectivity index (χ4v) is 2.36. The molecule has 0 aliphatic carbocycles. The lowest BCUT2D eigenvalue weighted by Gasteiger charge is -2.39. The van der Waals surface area contributed by atoms with Gasteiger partial charge in [0.15, 0.2) is 0 Å². The van der Waals surface area contributed by atoms with Gasteiger partial charge in [0.05, 0.1) is 6.04 Å². The number of hydrogen-bond acceptors (Lipinski definition) is 4. The van der Waals surface area contributed by atoms with Crippen molar-refractivity contribution in [3.63, 3.8) is 0 Å². The SMILES string of the molecule is NC(=O)NC(=O)CCNC(=O)[C@H]1CCN1Cc1ccccc1. The Morgan fingerprint density at radius 3 is 2.55 bits per heavy atom. The molecule has 1 heterocycles. The molecule has 22 heavy (non-hydrogen) atoms. The molecule has 1 atom stereocenters. The lowest BCUT2D eigenvalue weighted by Crippen LogP contribution is -2.55. The Hall–Kier alpha value is -2.41. The molecule has 1 fully saturated rings. The van der Waals surface area contributed by atoms with Crippen molar-refractivity contribution in [1.82, 2.24) is 15.5 Å². The van der Waals surface area contributed by atoms with Gasteiger partial charge in [0.25, 0.3) is 0 Å². The molecular formula is C15H20N4O3. The van der Waals surface area contributed by atoms with Crippen molar-refractivity contribution in [3.05, 3.63) is 35.9 Å². The van der Waals surface area contributed by atoms with E-state index in [2.05, 4.69) is 10.2 Å². The lowest BCUT2D eigenvalue weighted by atomic mass is 10.0. The molecule has 4 N–H and O–H groups in total. The van der Waals surface area contributed by atoms with Crippen LogP contribution in [0.5, 0.6) is 0 Å². The topological polar surface area (TPSA) is 105 Å². The standard InChI is InChI=1S/C15H20N4O3/c16-15(22)18-13(20)6-8-17-14(21)12-7-9-19(12)10-11-4-2-1-3-5-11/h1-5,12H,6-10H2,(H,17,21)(H3,16,18,20,22)/t12-/m1/s1. The molecule has 0 radical (unpaired) electrons. The Morgan fingerprint density at radius 1 is 1.23 bits per heavy atom. The smallest absolute Gasteiger partial charge is 0.318 e. The van der Waals surface area contributed by atoms with Gasteiger partial charge in [-0.1, -0.05) is 30.3 Å². The maximum atomic E-state index is 12.1. The number of nitrogens with two attached hydrogens (primary N) is 1. The zero-order valence-electron chi connectivity index (χ0n) is 12.2. The van der Waals surface area contributed by atoms with Crippen LogP contribution in [0.25, 0.3) is 0 Å². The van der Waals surface area contributed by atoms with Crippen LogP contribution in [0.3, 0.4) is 0 Å². The van der Waals surface area contributed by atoms with E-state index in [0.29, 0.717) is 0 Å². The van der Waals surface area contributed by atoms with Gasteiger partial charge in [0.2, 0.25) is 11.8 Å². The second-order valence-corrected chi connectivity index (χ2v) is 5.21. The number of carbonyl (C=O) groups excluding carboxylic acids is 3. The number of urea groups is 1. The summed E-state index contributed by atoms with van der Waals surface area (Å²) in [5.74, 6) is -0.586. The molecule has 1 saturated heterocycles. The maximum absolute atomic E-state index is 12.1. The minimum absolute atomic E-state index is 0.0279. The molecule has 1 aliphatic rings. The third kappa shape index (κ3) is 4.56. The van der Waals surface area contributed by atoms with Gasteiger partial charge in [0.1, 0.15) is 0 Å². The fourth-order valence-electron chi connectivity index (χ4n) is 2.36. The molecule has 0 bridgehead atoms. The van der Waals surface area contributed by atoms with Crippen LogP contribution in [0.15, 0.2) is 30.3 Å². The van der Waals surface area contributed by atoms with Crippen LogP contribution in [-0.2, 0) is 16.1 Å². The highest BCUT2D eigenvalue weighted by Crippen LogP contribution is 2.20. The highest BCUT2D eigenvalue weighted by Gasteiger charge is 2.33. The predicted molar refractivity (Wildman–Crippen MR) is 80.6 cm³/mol. The first-order valence-electron chi connectivity index (χ1n) is 7.21. The molecular weight excluding hydrogens is 284 g/mol. The first kappa shape index (κ1) is 16.0. The number of nitrogens with zero attached hydrogens (tertiary/aromatic N) is 1. The monoisotopic (exact) mass is 304 g/mol. The van der Waals surface area contributed by atoms with Crippen LogP contribution in [0.4, 0.5) is 4.79 Å². The van der Waals surface area contributed by atoms with Gasteiger partial charge in [0, 0.05) is 26.1 Å². The van der Waals surface area contributed by atoms with E-state index < -0.39 is 11.9 Å². The molecule has 1 aromatic rings. The molecule has 2 rings (SSSR count). The molecule has 1 aliphatic heterocycles. The van der Waals surface area contributed by atoms with Crippen molar-refractivity contribution in [2.24, 2.45) is 5.73 Å². The number of hydrogen-bond donors (Lipinski definition) is 3. The summed E-state index contributed by atoms with van der Waals surface area (Å²) in [6.45, 7) is 1.81. The van der Waals surface area contributed by atoms with Crippen LogP contribution in [0.1, 0.15) is 18.4 Å². The number of amides is 4. The van der Waals surface area contributed by atoms with Crippen molar-refractivity contribution in [3.8, 4) is 0 Å². The number of rotatable bonds is 6. The number of likely N-dealkylation sites (tertiary alicyclic amines) is 1.